The second-order valence-electron chi connectivity index (χ2n) is 5.41. The highest BCUT2D eigenvalue weighted by atomic mass is 15.3. The number of hydrogen-bond acceptors (Lipinski definition) is 5. The highest BCUT2D eigenvalue weighted by molar-refractivity contribution is 5.52. The molecule has 1 aromatic rings. The van der Waals surface area contributed by atoms with Gasteiger partial charge in [0, 0.05) is 19.1 Å². The van der Waals surface area contributed by atoms with Crippen LogP contribution in [-0.2, 0) is 0 Å². The van der Waals surface area contributed by atoms with Crippen LogP contribution in [0.2, 0.25) is 0 Å². The maximum absolute atomic E-state index is 9.12. The van der Waals surface area contributed by atoms with E-state index in [0.717, 1.165) is 24.8 Å². The molecule has 1 aromatic heterocycles. The van der Waals surface area contributed by atoms with Gasteiger partial charge in [-0.05, 0) is 44.2 Å². The Bertz CT molecular complexity index is 467. The van der Waals surface area contributed by atoms with Gasteiger partial charge in [0.2, 0.25) is 0 Å². The number of hydrogen-bond donors (Lipinski definition) is 1. The van der Waals surface area contributed by atoms with E-state index in [1.165, 1.54) is 32.2 Å². The lowest BCUT2D eigenvalue weighted by molar-refractivity contribution is 0.318. The quantitative estimate of drug-likeness (QED) is 0.865. The van der Waals surface area contributed by atoms with Gasteiger partial charge in [-0.3, -0.25) is 0 Å². The predicted molar refractivity (Wildman–Crippen MR) is 72.7 cm³/mol. The molecule has 3 rings (SSSR count). The molecule has 0 saturated carbocycles. The SMILES string of the molecule is N#Cc1ccnnc1N1CCC(C2CCCN2)CC1. The molecular weight excluding hydrogens is 238 g/mol. The molecule has 1 unspecified atom stereocenters. The lowest BCUT2D eigenvalue weighted by atomic mass is 9.88. The molecule has 19 heavy (non-hydrogen) atoms. The summed E-state index contributed by atoms with van der Waals surface area (Å²) in [6, 6.07) is 4.65. The van der Waals surface area contributed by atoms with E-state index in [1.54, 1.807) is 12.3 Å². The lowest BCUT2D eigenvalue weighted by Crippen LogP contribution is -2.41. The molecule has 5 heteroatoms. The molecule has 2 fully saturated rings. The molecule has 2 aliphatic rings. The van der Waals surface area contributed by atoms with Crippen LogP contribution >= 0.6 is 0 Å². The molecule has 0 radical (unpaired) electrons. The van der Waals surface area contributed by atoms with E-state index in [9.17, 15) is 0 Å². The van der Waals surface area contributed by atoms with Crippen LogP contribution in [0.25, 0.3) is 0 Å². The fraction of sp³-hybridized carbons (Fsp3) is 0.643. The Morgan fingerprint density at radius 3 is 2.84 bits per heavy atom. The van der Waals surface area contributed by atoms with E-state index in [4.69, 9.17) is 5.26 Å². The molecule has 3 heterocycles. The molecule has 100 valence electrons. The minimum atomic E-state index is 0.632. The van der Waals surface area contributed by atoms with Crippen molar-refractivity contribution in [2.45, 2.75) is 31.7 Å². The molecule has 1 atom stereocenters. The van der Waals surface area contributed by atoms with Gasteiger partial charge in [-0.1, -0.05) is 0 Å². The minimum Gasteiger partial charge on any atom is -0.354 e. The smallest absolute Gasteiger partial charge is 0.169 e. The first-order valence-corrected chi connectivity index (χ1v) is 7.08. The van der Waals surface area contributed by atoms with E-state index < -0.39 is 0 Å². The number of nitrogens with one attached hydrogen (secondary N) is 1. The molecule has 1 N–H and O–H groups in total. The Morgan fingerprint density at radius 2 is 2.16 bits per heavy atom. The van der Waals surface area contributed by atoms with E-state index in [2.05, 4.69) is 26.5 Å². The van der Waals surface area contributed by atoms with E-state index in [1.807, 2.05) is 0 Å². The van der Waals surface area contributed by atoms with E-state index >= 15 is 0 Å². The maximum Gasteiger partial charge on any atom is 0.169 e. The van der Waals surface area contributed by atoms with Crippen LogP contribution in [0.5, 0.6) is 0 Å². The number of anilines is 1. The number of piperidine rings is 1. The van der Waals surface area contributed by atoms with Gasteiger partial charge in [0.15, 0.2) is 5.82 Å². The van der Waals surface area contributed by atoms with Crippen molar-refractivity contribution in [3.05, 3.63) is 17.8 Å². The summed E-state index contributed by atoms with van der Waals surface area (Å²) < 4.78 is 0. The van der Waals surface area contributed by atoms with Gasteiger partial charge in [-0.25, -0.2) is 0 Å². The molecule has 0 amide bonds. The summed E-state index contributed by atoms with van der Waals surface area (Å²) in [7, 11) is 0. The highest BCUT2D eigenvalue weighted by Gasteiger charge is 2.29. The Hall–Kier alpha value is -1.67. The van der Waals surface area contributed by atoms with Crippen LogP contribution in [0.1, 0.15) is 31.2 Å². The van der Waals surface area contributed by atoms with Gasteiger partial charge >= 0.3 is 0 Å². The molecule has 2 aliphatic heterocycles. The average Bonchev–Trinajstić information content (AvgIpc) is 3.02. The Kier molecular flexibility index (Phi) is 3.60. The zero-order valence-corrected chi connectivity index (χ0v) is 11.0. The van der Waals surface area contributed by atoms with Crippen molar-refractivity contribution >= 4 is 5.82 Å². The standard InChI is InChI=1S/C14H19N5/c15-10-12-3-7-17-18-14(12)19-8-4-11(5-9-19)13-2-1-6-16-13/h3,7,11,13,16H,1-2,4-6,8-9H2. The van der Waals surface area contributed by atoms with Gasteiger partial charge in [0.05, 0.1) is 11.8 Å². The second kappa shape index (κ2) is 5.54. The van der Waals surface area contributed by atoms with Gasteiger partial charge in [-0.15, -0.1) is 5.10 Å². The van der Waals surface area contributed by atoms with Crippen LogP contribution < -0.4 is 10.2 Å². The highest BCUT2D eigenvalue weighted by Crippen LogP contribution is 2.28. The molecule has 0 aliphatic carbocycles. The third kappa shape index (κ3) is 2.54. The third-order valence-corrected chi connectivity index (χ3v) is 4.33. The van der Waals surface area contributed by atoms with Crippen LogP contribution in [0.3, 0.4) is 0 Å². The van der Waals surface area contributed by atoms with Crippen LogP contribution in [0.4, 0.5) is 5.82 Å². The normalized spacial score (nSPS) is 24.4. The van der Waals surface area contributed by atoms with Crippen molar-refractivity contribution in [1.29, 1.82) is 5.26 Å². The molecule has 0 bridgehead atoms. The third-order valence-electron chi connectivity index (χ3n) is 4.33. The number of nitriles is 1. The zero-order chi connectivity index (χ0) is 13.1. The number of aromatic nitrogens is 2. The molecule has 0 aromatic carbocycles. The van der Waals surface area contributed by atoms with Gasteiger partial charge in [0.25, 0.3) is 0 Å². The average molecular weight is 257 g/mol. The maximum atomic E-state index is 9.12. The number of nitrogens with zero attached hydrogens (tertiary/aromatic N) is 4. The molecule has 0 spiro atoms. The first-order chi connectivity index (χ1) is 9.38. The first kappa shape index (κ1) is 12.4. The summed E-state index contributed by atoms with van der Waals surface area (Å²) in [4.78, 5) is 2.21. The Labute approximate surface area is 113 Å². The zero-order valence-electron chi connectivity index (χ0n) is 11.0. The molecule has 5 nitrogen and oxygen atoms in total. The summed E-state index contributed by atoms with van der Waals surface area (Å²) in [6.07, 6.45) is 6.57. The van der Waals surface area contributed by atoms with Gasteiger partial charge in [0.1, 0.15) is 6.07 Å². The fourth-order valence-electron chi connectivity index (χ4n) is 3.27. The van der Waals surface area contributed by atoms with Crippen molar-refractivity contribution in [3.63, 3.8) is 0 Å². The summed E-state index contributed by atoms with van der Waals surface area (Å²) >= 11 is 0. The molecular formula is C14H19N5. The summed E-state index contributed by atoms with van der Waals surface area (Å²) in [5.41, 5.74) is 0.632. The first-order valence-electron chi connectivity index (χ1n) is 7.08. The number of rotatable bonds is 2. The summed E-state index contributed by atoms with van der Waals surface area (Å²) in [6.45, 7) is 3.14. The van der Waals surface area contributed by atoms with Crippen molar-refractivity contribution in [3.8, 4) is 6.07 Å². The Morgan fingerprint density at radius 1 is 1.32 bits per heavy atom. The van der Waals surface area contributed by atoms with Crippen LogP contribution in [-0.4, -0.2) is 35.9 Å². The topological polar surface area (TPSA) is 64.8 Å². The fourth-order valence-corrected chi connectivity index (χ4v) is 3.27. The van der Waals surface area contributed by atoms with E-state index in [0.29, 0.717) is 11.6 Å². The predicted octanol–water partition coefficient (Wildman–Crippen LogP) is 1.32. The minimum absolute atomic E-state index is 0.632. The van der Waals surface area contributed by atoms with Crippen LogP contribution in [0, 0.1) is 17.2 Å². The largest absolute Gasteiger partial charge is 0.354 e. The molecule has 2 saturated heterocycles. The summed E-state index contributed by atoms with van der Waals surface area (Å²) in [5, 5.41) is 20.8. The lowest BCUT2D eigenvalue weighted by Gasteiger charge is -2.35. The van der Waals surface area contributed by atoms with Crippen LogP contribution in [0.15, 0.2) is 12.3 Å². The van der Waals surface area contributed by atoms with Gasteiger partial charge < -0.3 is 10.2 Å². The Balaban J connectivity index is 1.65. The van der Waals surface area contributed by atoms with Gasteiger partial charge in [-0.2, -0.15) is 10.4 Å². The van der Waals surface area contributed by atoms with E-state index in [-0.39, 0.29) is 0 Å². The van der Waals surface area contributed by atoms with Crippen molar-refractivity contribution in [2.75, 3.05) is 24.5 Å². The summed E-state index contributed by atoms with van der Waals surface area (Å²) in [5.74, 6) is 1.53. The van der Waals surface area contributed by atoms with Crippen molar-refractivity contribution in [2.24, 2.45) is 5.92 Å². The van der Waals surface area contributed by atoms with Crippen molar-refractivity contribution in [1.82, 2.24) is 15.5 Å². The van der Waals surface area contributed by atoms with Crippen molar-refractivity contribution < 1.29 is 0 Å². The monoisotopic (exact) mass is 257 g/mol. The second-order valence-corrected chi connectivity index (χ2v) is 5.41.